The molecule has 2 rings (SSSR count). The molecule has 1 heterocycles. The Hall–Kier alpha value is -1.39. The zero-order chi connectivity index (χ0) is 11.5. The highest BCUT2D eigenvalue weighted by molar-refractivity contribution is 6.39. The molecule has 1 fully saturated rings. The second-order valence-corrected chi connectivity index (χ2v) is 4.62. The molecule has 88 valence electrons. The third kappa shape index (κ3) is 2.81. The van der Waals surface area contributed by atoms with Gasteiger partial charge in [-0.1, -0.05) is 6.92 Å². The highest BCUT2D eigenvalue weighted by Crippen LogP contribution is 2.36. The molecular formula is C11H17N3O2. The van der Waals surface area contributed by atoms with Gasteiger partial charge in [-0.05, 0) is 24.7 Å². The van der Waals surface area contributed by atoms with Crippen LogP contribution in [0.25, 0.3) is 0 Å². The van der Waals surface area contributed by atoms with Crippen LogP contribution < -0.4 is 10.7 Å². The van der Waals surface area contributed by atoms with E-state index in [1.807, 2.05) is 0 Å². The Morgan fingerprint density at radius 3 is 2.88 bits per heavy atom. The van der Waals surface area contributed by atoms with Crippen molar-refractivity contribution in [3.05, 3.63) is 0 Å². The van der Waals surface area contributed by atoms with Crippen molar-refractivity contribution >= 4 is 17.5 Å². The third-order valence-electron chi connectivity index (χ3n) is 3.18. The Morgan fingerprint density at radius 1 is 1.56 bits per heavy atom. The van der Waals surface area contributed by atoms with Crippen LogP contribution >= 0.6 is 0 Å². The first-order chi connectivity index (χ1) is 7.66. The average molecular weight is 223 g/mol. The highest BCUT2D eigenvalue weighted by Gasteiger charge is 2.28. The summed E-state index contributed by atoms with van der Waals surface area (Å²) in [7, 11) is 0. The molecule has 0 saturated heterocycles. The van der Waals surface area contributed by atoms with E-state index in [1.165, 1.54) is 12.8 Å². The Kier molecular flexibility index (Phi) is 3.22. The summed E-state index contributed by atoms with van der Waals surface area (Å²) in [4.78, 5) is 22.5. The summed E-state index contributed by atoms with van der Waals surface area (Å²) < 4.78 is 0. The fraction of sp³-hybridized carbons (Fsp3) is 0.727. The van der Waals surface area contributed by atoms with Crippen LogP contribution in [0, 0.1) is 11.8 Å². The van der Waals surface area contributed by atoms with E-state index in [4.69, 9.17) is 0 Å². The molecule has 2 amide bonds. The van der Waals surface area contributed by atoms with Gasteiger partial charge < -0.3 is 5.32 Å². The summed E-state index contributed by atoms with van der Waals surface area (Å²) in [6.07, 6.45) is 3.36. The summed E-state index contributed by atoms with van der Waals surface area (Å²) in [5.41, 5.74) is 2.76. The lowest BCUT2D eigenvalue weighted by Gasteiger charge is -2.14. The van der Waals surface area contributed by atoms with Gasteiger partial charge in [-0.2, -0.15) is 5.10 Å². The van der Waals surface area contributed by atoms with E-state index in [0.29, 0.717) is 31.0 Å². The average Bonchev–Trinajstić information content (AvgIpc) is 3.10. The lowest BCUT2D eigenvalue weighted by molar-refractivity contribution is -0.121. The maximum absolute atomic E-state index is 11.7. The summed E-state index contributed by atoms with van der Waals surface area (Å²) in [6.45, 7) is 2.86. The number of rotatable bonds is 4. The first-order valence-electron chi connectivity index (χ1n) is 5.80. The van der Waals surface area contributed by atoms with Crippen molar-refractivity contribution in [2.24, 2.45) is 16.9 Å². The van der Waals surface area contributed by atoms with Gasteiger partial charge in [0.25, 0.3) is 5.91 Å². The lowest BCUT2D eigenvalue weighted by Crippen LogP contribution is -2.38. The molecule has 0 aromatic heterocycles. The summed E-state index contributed by atoms with van der Waals surface area (Å²) in [5, 5.41) is 6.62. The van der Waals surface area contributed by atoms with Gasteiger partial charge in [0, 0.05) is 19.4 Å². The number of nitrogens with one attached hydrogen (secondary N) is 2. The molecule has 0 radical (unpaired) electrons. The van der Waals surface area contributed by atoms with Gasteiger partial charge in [0.15, 0.2) is 0 Å². The van der Waals surface area contributed by atoms with Crippen molar-refractivity contribution in [3.8, 4) is 0 Å². The van der Waals surface area contributed by atoms with E-state index in [9.17, 15) is 9.59 Å². The van der Waals surface area contributed by atoms with Crippen LogP contribution in [0.3, 0.4) is 0 Å². The number of nitrogens with zero attached hydrogens (tertiary/aromatic N) is 1. The maximum Gasteiger partial charge on any atom is 0.267 e. The minimum atomic E-state index is -0.146. The number of hydrogen-bond donors (Lipinski definition) is 2. The quantitative estimate of drug-likeness (QED) is 0.725. The van der Waals surface area contributed by atoms with Gasteiger partial charge in [-0.3, -0.25) is 9.59 Å². The van der Waals surface area contributed by atoms with Gasteiger partial charge in [-0.15, -0.1) is 0 Å². The molecule has 16 heavy (non-hydrogen) atoms. The summed E-state index contributed by atoms with van der Waals surface area (Å²) in [5.74, 6) is 1.06. The predicted molar refractivity (Wildman–Crippen MR) is 59.7 cm³/mol. The van der Waals surface area contributed by atoms with E-state index in [0.717, 1.165) is 5.92 Å². The van der Waals surface area contributed by atoms with Crippen LogP contribution in [0.4, 0.5) is 0 Å². The van der Waals surface area contributed by atoms with Gasteiger partial charge in [0.2, 0.25) is 5.91 Å². The Labute approximate surface area is 94.7 Å². The maximum atomic E-state index is 11.7. The van der Waals surface area contributed by atoms with Crippen LogP contribution in [0.15, 0.2) is 5.10 Å². The van der Waals surface area contributed by atoms with Crippen LogP contribution in [0.5, 0.6) is 0 Å². The molecule has 0 bridgehead atoms. The van der Waals surface area contributed by atoms with E-state index in [1.54, 1.807) is 0 Å². The summed E-state index contributed by atoms with van der Waals surface area (Å²) >= 11 is 0. The van der Waals surface area contributed by atoms with Gasteiger partial charge in [-0.25, -0.2) is 5.43 Å². The molecule has 0 aromatic rings. The lowest BCUT2D eigenvalue weighted by atomic mass is 10.1. The first kappa shape index (κ1) is 11.1. The van der Waals surface area contributed by atoms with Crippen LogP contribution in [0.1, 0.15) is 32.6 Å². The van der Waals surface area contributed by atoms with Gasteiger partial charge >= 0.3 is 0 Å². The van der Waals surface area contributed by atoms with Gasteiger partial charge in [0.05, 0.1) is 0 Å². The topological polar surface area (TPSA) is 70.6 Å². The fourth-order valence-electron chi connectivity index (χ4n) is 1.83. The zero-order valence-corrected chi connectivity index (χ0v) is 9.45. The third-order valence-corrected chi connectivity index (χ3v) is 3.18. The molecule has 2 aliphatic rings. The molecule has 5 heteroatoms. The fourth-order valence-corrected chi connectivity index (χ4v) is 1.83. The van der Waals surface area contributed by atoms with Crippen LogP contribution in [0.2, 0.25) is 0 Å². The van der Waals surface area contributed by atoms with Gasteiger partial charge in [0.1, 0.15) is 5.71 Å². The summed E-state index contributed by atoms with van der Waals surface area (Å²) in [6, 6.07) is 0. The normalized spacial score (nSPS) is 22.1. The number of amides is 2. The molecule has 5 nitrogen and oxygen atoms in total. The van der Waals surface area contributed by atoms with Crippen LogP contribution in [-0.2, 0) is 9.59 Å². The molecule has 1 aliphatic heterocycles. The number of hydrogen-bond acceptors (Lipinski definition) is 3. The second kappa shape index (κ2) is 4.63. The smallest absolute Gasteiger partial charge is 0.267 e. The largest absolute Gasteiger partial charge is 0.351 e. The first-order valence-corrected chi connectivity index (χ1v) is 5.80. The Bertz CT molecular complexity index is 334. The Balaban J connectivity index is 1.76. The number of carbonyl (C=O) groups is 2. The van der Waals surface area contributed by atoms with Crippen molar-refractivity contribution in [1.82, 2.24) is 10.7 Å². The van der Waals surface area contributed by atoms with Crippen molar-refractivity contribution in [1.29, 1.82) is 0 Å². The standard InChI is InChI=1S/C11H17N3O2/c1-7(8-2-3-8)6-12-11(16)9-4-5-10(15)14-13-9/h7-8H,2-6H2,1H3,(H,12,16)(H,14,15). The molecule has 1 saturated carbocycles. The number of hydrazone groups is 1. The number of carbonyl (C=O) groups excluding carboxylic acids is 2. The minimum Gasteiger partial charge on any atom is -0.351 e. The van der Waals surface area contributed by atoms with E-state index < -0.39 is 0 Å². The van der Waals surface area contributed by atoms with Crippen molar-refractivity contribution in [2.75, 3.05) is 6.54 Å². The van der Waals surface area contributed by atoms with E-state index in [2.05, 4.69) is 22.8 Å². The molecule has 1 atom stereocenters. The monoisotopic (exact) mass is 223 g/mol. The molecule has 2 N–H and O–H groups in total. The molecule has 1 aliphatic carbocycles. The zero-order valence-electron chi connectivity index (χ0n) is 9.45. The Morgan fingerprint density at radius 2 is 2.31 bits per heavy atom. The van der Waals surface area contributed by atoms with Crippen molar-refractivity contribution in [2.45, 2.75) is 32.6 Å². The minimum absolute atomic E-state index is 0.122. The van der Waals surface area contributed by atoms with Crippen molar-refractivity contribution < 1.29 is 9.59 Å². The second-order valence-electron chi connectivity index (χ2n) is 4.62. The molecule has 1 unspecified atom stereocenters. The molecule has 0 spiro atoms. The SMILES string of the molecule is CC(CNC(=O)C1=NNC(=O)CC1)C1CC1. The molecular weight excluding hydrogens is 206 g/mol. The highest BCUT2D eigenvalue weighted by atomic mass is 16.2. The van der Waals surface area contributed by atoms with Crippen LogP contribution in [-0.4, -0.2) is 24.1 Å². The predicted octanol–water partition coefficient (Wildman–Crippen LogP) is 0.415. The van der Waals surface area contributed by atoms with E-state index >= 15 is 0 Å². The molecule has 0 aromatic carbocycles. The van der Waals surface area contributed by atoms with E-state index in [-0.39, 0.29) is 11.8 Å². The van der Waals surface area contributed by atoms with Crippen molar-refractivity contribution in [3.63, 3.8) is 0 Å².